The number of benzene rings is 1. The number of rotatable bonds is 3. The molecule has 2 aromatic heterocycles. The molecule has 0 aliphatic heterocycles. The Bertz CT molecular complexity index is 648. The first-order chi connectivity index (χ1) is 8.84. The van der Waals surface area contributed by atoms with Crippen molar-refractivity contribution in [3.63, 3.8) is 0 Å². The van der Waals surface area contributed by atoms with Crippen LogP contribution in [0, 0.1) is 0 Å². The zero-order valence-corrected chi connectivity index (χ0v) is 10.6. The molecule has 0 fully saturated rings. The summed E-state index contributed by atoms with van der Waals surface area (Å²) in [6, 6.07) is 10.2. The second-order valence-corrected chi connectivity index (χ2v) is 5.11. The van der Waals surface area contributed by atoms with Gasteiger partial charge in [-0.3, -0.25) is 0 Å². The third kappa shape index (κ3) is 2.12. The first-order valence-corrected chi connectivity index (χ1v) is 6.69. The monoisotopic (exact) mass is 255 g/mol. The molecule has 0 aliphatic carbocycles. The Morgan fingerprint density at radius 1 is 1.22 bits per heavy atom. The number of nitrogens with two attached hydrogens (primary N) is 1. The van der Waals surface area contributed by atoms with Crippen LogP contribution in [0.4, 0.5) is 0 Å². The van der Waals surface area contributed by atoms with E-state index in [2.05, 4.69) is 39.6 Å². The molecule has 3 aromatic rings. The summed E-state index contributed by atoms with van der Waals surface area (Å²) in [6.45, 7) is 0. The van der Waals surface area contributed by atoms with Crippen molar-refractivity contribution in [3.05, 3.63) is 59.5 Å². The van der Waals surface area contributed by atoms with Crippen molar-refractivity contribution in [2.75, 3.05) is 0 Å². The lowest BCUT2D eigenvalue weighted by atomic mass is 10.0. The highest BCUT2D eigenvalue weighted by Crippen LogP contribution is 2.28. The molecule has 0 bridgehead atoms. The molecule has 0 amide bonds. The van der Waals surface area contributed by atoms with E-state index in [9.17, 15) is 0 Å². The van der Waals surface area contributed by atoms with Gasteiger partial charge < -0.3 is 5.73 Å². The average Bonchev–Trinajstić information content (AvgIpc) is 2.83. The topological polar surface area (TPSA) is 51.8 Å². The first kappa shape index (κ1) is 11.3. The van der Waals surface area contributed by atoms with Crippen LogP contribution in [0.2, 0.25) is 0 Å². The maximum Gasteiger partial charge on any atom is 0.115 e. The second kappa shape index (κ2) is 4.84. The average molecular weight is 255 g/mol. The fourth-order valence-electron chi connectivity index (χ4n) is 2.05. The summed E-state index contributed by atoms with van der Waals surface area (Å²) in [6.07, 6.45) is 4.08. The maximum atomic E-state index is 6.19. The maximum absolute atomic E-state index is 6.19. The minimum absolute atomic E-state index is 0.0778. The van der Waals surface area contributed by atoms with Gasteiger partial charge in [0, 0.05) is 10.9 Å². The number of hydrogen-bond acceptors (Lipinski definition) is 4. The van der Waals surface area contributed by atoms with Crippen LogP contribution in [0.25, 0.3) is 10.1 Å². The summed E-state index contributed by atoms with van der Waals surface area (Å²) >= 11 is 1.76. The van der Waals surface area contributed by atoms with Gasteiger partial charge in [0.25, 0.3) is 0 Å². The van der Waals surface area contributed by atoms with Crippen LogP contribution in [0.3, 0.4) is 0 Å². The summed E-state index contributed by atoms with van der Waals surface area (Å²) in [5.41, 5.74) is 8.37. The highest BCUT2D eigenvalue weighted by atomic mass is 32.1. The van der Waals surface area contributed by atoms with Gasteiger partial charge in [-0.2, -0.15) is 0 Å². The van der Waals surface area contributed by atoms with Gasteiger partial charge in [-0.25, -0.2) is 9.97 Å². The predicted octanol–water partition coefficient (Wildman–Crippen LogP) is 2.93. The van der Waals surface area contributed by atoms with E-state index in [0.717, 1.165) is 12.1 Å². The Balaban J connectivity index is 1.89. The van der Waals surface area contributed by atoms with Crippen LogP contribution in [-0.4, -0.2) is 9.97 Å². The van der Waals surface area contributed by atoms with E-state index in [-0.39, 0.29) is 6.04 Å². The summed E-state index contributed by atoms with van der Waals surface area (Å²) in [5.74, 6) is 0. The van der Waals surface area contributed by atoms with Gasteiger partial charge in [-0.1, -0.05) is 18.2 Å². The summed E-state index contributed by atoms with van der Waals surface area (Å²) in [5, 5.41) is 3.48. The van der Waals surface area contributed by atoms with Crippen molar-refractivity contribution in [1.82, 2.24) is 9.97 Å². The van der Waals surface area contributed by atoms with Crippen LogP contribution in [-0.2, 0) is 6.42 Å². The van der Waals surface area contributed by atoms with Crippen LogP contribution in [0.1, 0.15) is 17.3 Å². The number of fused-ring (bicyclic) bond motifs is 1. The third-order valence-corrected chi connectivity index (χ3v) is 4.00. The highest BCUT2D eigenvalue weighted by Gasteiger charge is 2.11. The molecular weight excluding hydrogens is 242 g/mol. The lowest BCUT2D eigenvalue weighted by molar-refractivity contribution is 0.697. The molecule has 0 aliphatic rings. The molecule has 4 heteroatoms. The quantitative estimate of drug-likeness (QED) is 0.783. The van der Waals surface area contributed by atoms with Crippen LogP contribution < -0.4 is 5.73 Å². The molecule has 1 unspecified atom stereocenters. The van der Waals surface area contributed by atoms with Crippen molar-refractivity contribution in [1.29, 1.82) is 0 Å². The molecule has 2 heterocycles. The number of hydrogen-bond donors (Lipinski definition) is 1. The van der Waals surface area contributed by atoms with E-state index < -0.39 is 0 Å². The Hall–Kier alpha value is -1.78. The van der Waals surface area contributed by atoms with Gasteiger partial charge in [0.1, 0.15) is 6.33 Å². The standard InChI is InChI=1S/C14H13N3S/c15-12(13-5-6-16-9-17-13)7-10-8-18-14-4-2-1-3-11(10)14/h1-6,8-9,12H,7,15H2. The van der Waals surface area contributed by atoms with E-state index in [4.69, 9.17) is 5.73 Å². The predicted molar refractivity (Wildman–Crippen MR) is 74.5 cm³/mol. The van der Waals surface area contributed by atoms with Gasteiger partial charge in [-0.05, 0) is 34.9 Å². The SMILES string of the molecule is NC(Cc1csc2ccccc12)c1ccncn1. The van der Waals surface area contributed by atoms with Crippen molar-refractivity contribution in [2.45, 2.75) is 12.5 Å². The molecule has 0 radical (unpaired) electrons. The molecule has 3 nitrogen and oxygen atoms in total. The molecule has 0 saturated heterocycles. The van der Waals surface area contributed by atoms with Crippen LogP contribution in [0.5, 0.6) is 0 Å². The molecule has 0 spiro atoms. The number of aromatic nitrogens is 2. The van der Waals surface area contributed by atoms with E-state index >= 15 is 0 Å². The van der Waals surface area contributed by atoms with E-state index in [0.29, 0.717) is 0 Å². The van der Waals surface area contributed by atoms with Crippen LogP contribution >= 0.6 is 11.3 Å². The van der Waals surface area contributed by atoms with Gasteiger partial charge in [0.05, 0.1) is 11.7 Å². The van der Waals surface area contributed by atoms with Crippen molar-refractivity contribution in [3.8, 4) is 0 Å². The zero-order chi connectivity index (χ0) is 12.4. The Morgan fingerprint density at radius 2 is 2.11 bits per heavy atom. The van der Waals surface area contributed by atoms with Crippen molar-refractivity contribution in [2.24, 2.45) is 5.73 Å². The summed E-state index contributed by atoms with van der Waals surface area (Å²) in [4.78, 5) is 8.12. The zero-order valence-electron chi connectivity index (χ0n) is 9.78. The molecule has 18 heavy (non-hydrogen) atoms. The summed E-state index contributed by atoms with van der Waals surface area (Å²) < 4.78 is 1.31. The Kier molecular flexibility index (Phi) is 3.04. The lowest BCUT2D eigenvalue weighted by Gasteiger charge is -2.09. The number of nitrogens with zero attached hydrogens (tertiary/aromatic N) is 2. The normalized spacial score (nSPS) is 12.7. The molecule has 2 N–H and O–H groups in total. The molecular formula is C14H13N3S. The van der Waals surface area contributed by atoms with E-state index in [1.807, 2.05) is 6.07 Å². The number of thiophene rings is 1. The minimum Gasteiger partial charge on any atom is -0.322 e. The highest BCUT2D eigenvalue weighted by molar-refractivity contribution is 7.17. The van der Waals surface area contributed by atoms with E-state index in [1.165, 1.54) is 15.6 Å². The molecule has 0 saturated carbocycles. The van der Waals surface area contributed by atoms with Gasteiger partial charge in [0.15, 0.2) is 0 Å². The third-order valence-electron chi connectivity index (χ3n) is 2.99. The smallest absolute Gasteiger partial charge is 0.115 e. The summed E-state index contributed by atoms with van der Waals surface area (Å²) in [7, 11) is 0. The van der Waals surface area contributed by atoms with Gasteiger partial charge in [0.2, 0.25) is 0 Å². The largest absolute Gasteiger partial charge is 0.322 e. The van der Waals surface area contributed by atoms with E-state index in [1.54, 1.807) is 23.9 Å². The van der Waals surface area contributed by atoms with Crippen molar-refractivity contribution < 1.29 is 0 Å². The lowest BCUT2D eigenvalue weighted by Crippen LogP contribution is -2.14. The Morgan fingerprint density at radius 3 is 2.94 bits per heavy atom. The first-order valence-electron chi connectivity index (χ1n) is 5.81. The molecule has 90 valence electrons. The fourth-order valence-corrected chi connectivity index (χ4v) is 3.03. The second-order valence-electron chi connectivity index (χ2n) is 4.20. The molecule has 1 atom stereocenters. The van der Waals surface area contributed by atoms with Crippen LogP contribution in [0.15, 0.2) is 48.2 Å². The molecule has 1 aromatic carbocycles. The Labute approximate surface area is 109 Å². The fraction of sp³-hybridized carbons (Fsp3) is 0.143. The van der Waals surface area contributed by atoms with Gasteiger partial charge >= 0.3 is 0 Å². The van der Waals surface area contributed by atoms with Crippen molar-refractivity contribution >= 4 is 21.4 Å². The molecule has 3 rings (SSSR count). The minimum atomic E-state index is -0.0778. The van der Waals surface area contributed by atoms with Gasteiger partial charge in [-0.15, -0.1) is 11.3 Å².